The van der Waals surface area contributed by atoms with E-state index >= 15 is 0 Å². The van der Waals surface area contributed by atoms with Crippen molar-refractivity contribution in [2.75, 3.05) is 20.6 Å². The lowest BCUT2D eigenvalue weighted by atomic mass is 10.1. The topological polar surface area (TPSA) is 28.3 Å². The molecule has 0 atom stereocenters. The molecule has 0 saturated heterocycles. The monoisotopic (exact) mass is 386 g/mol. The molecule has 0 bridgehead atoms. The summed E-state index contributed by atoms with van der Waals surface area (Å²) in [5.41, 5.74) is 3.76. The van der Waals surface area contributed by atoms with Crippen LogP contribution in [0.3, 0.4) is 0 Å². The first-order chi connectivity index (χ1) is 14.2. The highest BCUT2D eigenvalue weighted by Gasteiger charge is 1.98. The van der Waals surface area contributed by atoms with E-state index < -0.39 is 0 Å². The fraction of sp³-hybridized carbons (Fsp3) is 0.231. The first-order valence-corrected chi connectivity index (χ1v) is 10.1. The highest BCUT2D eigenvalue weighted by molar-refractivity contribution is 5.80. The number of aromatic amines is 1. The van der Waals surface area contributed by atoms with Crippen molar-refractivity contribution in [3.8, 4) is 5.75 Å². The lowest BCUT2D eigenvalue weighted by Gasteiger charge is -2.08. The maximum Gasteiger partial charge on any atom is 0.120 e. The Labute approximate surface area is 174 Å². The van der Waals surface area contributed by atoms with Crippen molar-refractivity contribution in [1.82, 2.24) is 9.88 Å². The fourth-order valence-corrected chi connectivity index (χ4v) is 3.11. The van der Waals surface area contributed by atoms with E-state index in [1.807, 2.05) is 42.6 Å². The van der Waals surface area contributed by atoms with Gasteiger partial charge in [0, 0.05) is 17.1 Å². The lowest BCUT2D eigenvalue weighted by Crippen LogP contribution is -2.13. The molecule has 1 aromatic heterocycles. The number of rotatable bonds is 7. The number of aryl methyl sites for hydroxylation is 1. The molecule has 0 saturated carbocycles. The minimum Gasteiger partial charge on any atom is -0.489 e. The highest BCUT2D eigenvalue weighted by Crippen LogP contribution is 2.20. The van der Waals surface area contributed by atoms with Crippen LogP contribution in [0.15, 0.2) is 91.1 Å². The SMILES string of the molecule is CN(C)CCCc1ccccc1.c1ccc(COc2ccc3[nH]ccc3c2)cc1. The predicted molar refractivity (Wildman–Crippen MR) is 122 cm³/mol. The quantitative estimate of drug-likeness (QED) is 0.426. The summed E-state index contributed by atoms with van der Waals surface area (Å²) in [6, 6.07) is 29.0. The van der Waals surface area contributed by atoms with E-state index in [1.165, 1.54) is 35.9 Å². The first-order valence-electron chi connectivity index (χ1n) is 10.1. The minimum absolute atomic E-state index is 0.608. The molecule has 29 heavy (non-hydrogen) atoms. The molecule has 0 fully saturated rings. The van der Waals surface area contributed by atoms with Gasteiger partial charge in [0.05, 0.1) is 0 Å². The van der Waals surface area contributed by atoms with Gasteiger partial charge in [-0.2, -0.15) is 0 Å². The van der Waals surface area contributed by atoms with E-state index in [0.29, 0.717) is 6.61 Å². The van der Waals surface area contributed by atoms with Crippen molar-refractivity contribution >= 4 is 10.9 Å². The average molecular weight is 387 g/mol. The summed E-state index contributed by atoms with van der Waals surface area (Å²) < 4.78 is 5.76. The average Bonchev–Trinajstić information content (AvgIpc) is 3.22. The van der Waals surface area contributed by atoms with Crippen LogP contribution >= 0.6 is 0 Å². The molecule has 0 amide bonds. The molecule has 1 heterocycles. The molecule has 0 aliphatic rings. The normalized spacial score (nSPS) is 10.6. The van der Waals surface area contributed by atoms with Crippen LogP contribution in [0.4, 0.5) is 0 Å². The Balaban J connectivity index is 0.000000177. The molecule has 0 radical (unpaired) electrons. The number of aromatic nitrogens is 1. The second-order valence-electron chi connectivity index (χ2n) is 7.39. The Morgan fingerprint density at radius 1 is 0.793 bits per heavy atom. The van der Waals surface area contributed by atoms with E-state index in [0.717, 1.165) is 11.3 Å². The van der Waals surface area contributed by atoms with Gasteiger partial charge >= 0.3 is 0 Å². The molecule has 0 aliphatic carbocycles. The van der Waals surface area contributed by atoms with E-state index in [9.17, 15) is 0 Å². The van der Waals surface area contributed by atoms with Gasteiger partial charge < -0.3 is 14.6 Å². The zero-order valence-electron chi connectivity index (χ0n) is 17.3. The van der Waals surface area contributed by atoms with E-state index in [2.05, 4.69) is 72.5 Å². The standard InChI is InChI=1S/C15H13NO.C11H17N/c1-2-4-12(5-3-1)11-17-14-6-7-15-13(10-14)8-9-16-15;1-12(2)10-6-9-11-7-4-3-5-8-11/h1-10,16H,11H2;3-5,7-8H,6,9-10H2,1-2H3. The summed E-state index contributed by atoms with van der Waals surface area (Å²) in [4.78, 5) is 5.39. The second-order valence-corrected chi connectivity index (χ2v) is 7.39. The third kappa shape index (κ3) is 7.13. The lowest BCUT2D eigenvalue weighted by molar-refractivity contribution is 0.306. The van der Waals surface area contributed by atoms with Crippen molar-refractivity contribution in [1.29, 1.82) is 0 Å². The number of benzene rings is 3. The van der Waals surface area contributed by atoms with Gasteiger partial charge in [-0.05, 0) is 68.9 Å². The number of fused-ring (bicyclic) bond motifs is 1. The maximum atomic E-state index is 5.76. The summed E-state index contributed by atoms with van der Waals surface area (Å²) in [7, 11) is 4.23. The molecule has 3 aromatic carbocycles. The molecule has 0 aliphatic heterocycles. The molecule has 1 N–H and O–H groups in total. The van der Waals surface area contributed by atoms with Gasteiger partial charge in [-0.1, -0.05) is 60.7 Å². The van der Waals surface area contributed by atoms with E-state index in [1.54, 1.807) is 0 Å². The summed E-state index contributed by atoms with van der Waals surface area (Å²) in [6.45, 7) is 1.78. The first kappa shape index (κ1) is 20.7. The molecule has 0 spiro atoms. The largest absolute Gasteiger partial charge is 0.489 e. The third-order valence-corrected chi connectivity index (χ3v) is 4.69. The molecule has 3 nitrogen and oxygen atoms in total. The van der Waals surface area contributed by atoms with Crippen molar-refractivity contribution in [3.05, 3.63) is 102 Å². The van der Waals surface area contributed by atoms with Crippen LogP contribution in [-0.4, -0.2) is 30.5 Å². The van der Waals surface area contributed by atoms with Gasteiger partial charge in [0.25, 0.3) is 0 Å². The van der Waals surface area contributed by atoms with Crippen molar-refractivity contribution in [2.24, 2.45) is 0 Å². The van der Waals surface area contributed by atoms with Gasteiger partial charge in [0.2, 0.25) is 0 Å². The van der Waals surface area contributed by atoms with Gasteiger partial charge in [0.1, 0.15) is 12.4 Å². The van der Waals surface area contributed by atoms with Crippen molar-refractivity contribution in [3.63, 3.8) is 0 Å². The van der Waals surface area contributed by atoms with Gasteiger partial charge in [-0.3, -0.25) is 0 Å². The Bertz CT molecular complexity index is 962. The predicted octanol–water partition coefficient (Wildman–Crippen LogP) is 5.93. The van der Waals surface area contributed by atoms with Gasteiger partial charge in [0.15, 0.2) is 0 Å². The van der Waals surface area contributed by atoms with E-state index in [4.69, 9.17) is 4.74 Å². The number of hydrogen-bond acceptors (Lipinski definition) is 2. The van der Waals surface area contributed by atoms with Crippen molar-refractivity contribution < 1.29 is 4.74 Å². The Morgan fingerprint density at radius 3 is 2.17 bits per heavy atom. The molecule has 3 heteroatoms. The van der Waals surface area contributed by atoms with Crippen LogP contribution in [0.1, 0.15) is 17.5 Å². The number of nitrogens with zero attached hydrogens (tertiary/aromatic N) is 1. The Morgan fingerprint density at radius 2 is 1.48 bits per heavy atom. The number of nitrogens with one attached hydrogen (secondary N) is 1. The number of hydrogen-bond donors (Lipinski definition) is 1. The maximum absolute atomic E-state index is 5.76. The van der Waals surface area contributed by atoms with Crippen molar-refractivity contribution in [2.45, 2.75) is 19.4 Å². The van der Waals surface area contributed by atoms with Crippen LogP contribution in [0.2, 0.25) is 0 Å². The zero-order valence-corrected chi connectivity index (χ0v) is 17.3. The highest BCUT2D eigenvalue weighted by atomic mass is 16.5. The molecular formula is C26H30N2O. The van der Waals surface area contributed by atoms with Crippen LogP contribution in [-0.2, 0) is 13.0 Å². The van der Waals surface area contributed by atoms with E-state index in [-0.39, 0.29) is 0 Å². The van der Waals surface area contributed by atoms with Gasteiger partial charge in [-0.15, -0.1) is 0 Å². The Kier molecular flexibility index (Phi) is 7.90. The smallest absolute Gasteiger partial charge is 0.120 e. The van der Waals surface area contributed by atoms with Gasteiger partial charge in [-0.25, -0.2) is 0 Å². The number of H-pyrrole nitrogens is 1. The zero-order chi connectivity index (χ0) is 20.3. The minimum atomic E-state index is 0.608. The van der Waals surface area contributed by atoms with Crippen LogP contribution in [0, 0.1) is 0 Å². The third-order valence-electron chi connectivity index (χ3n) is 4.69. The van der Waals surface area contributed by atoms with Crippen LogP contribution in [0.5, 0.6) is 5.75 Å². The summed E-state index contributed by atoms with van der Waals surface area (Å²) in [6.07, 6.45) is 4.38. The molecule has 4 aromatic rings. The molecule has 150 valence electrons. The fourth-order valence-electron chi connectivity index (χ4n) is 3.11. The molecule has 4 rings (SSSR count). The summed E-state index contributed by atoms with van der Waals surface area (Å²) >= 11 is 0. The summed E-state index contributed by atoms with van der Waals surface area (Å²) in [5.74, 6) is 0.904. The van der Waals surface area contributed by atoms with Crippen LogP contribution < -0.4 is 4.74 Å². The number of ether oxygens (including phenoxy) is 1. The summed E-state index contributed by atoms with van der Waals surface area (Å²) in [5, 5.41) is 1.18. The Hall–Kier alpha value is -3.04. The second kappa shape index (κ2) is 11.1. The molecular weight excluding hydrogens is 356 g/mol. The van der Waals surface area contributed by atoms with Crippen LogP contribution in [0.25, 0.3) is 10.9 Å². The molecule has 0 unspecified atom stereocenters.